The lowest BCUT2D eigenvalue weighted by Crippen LogP contribution is -1.99. The number of rotatable bonds is 2. The molecule has 0 unspecified atom stereocenters. The molecule has 0 aliphatic carbocycles. The van der Waals surface area contributed by atoms with Gasteiger partial charge in [0.05, 0.1) is 17.3 Å². The van der Waals surface area contributed by atoms with Gasteiger partial charge in [-0.25, -0.2) is 0 Å². The average Bonchev–Trinajstić information content (AvgIpc) is 3.09. The van der Waals surface area contributed by atoms with E-state index >= 15 is 0 Å². The van der Waals surface area contributed by atoms with Crippen molar-refractivity contribution in [1.82, 2.24) is 30.4 Å². The van der Waals surface area contributed by atoms with Gasteiger partial charge in [-0.05, 0) is 29.5 Å². The van der Waals surface area contributed by atoms with Crippen LogP contribution in [0.3, 0.4) is 0 Å². The number of hydrogen-bond acceptors (Lipinski definition) is 5. The molecule has 0 fully saturated rings. The zero-order chi connectivity index (χ0) is 12.4. The van der Waals surface area contributed by atoms with Crippen LogP contribution in [-0.2, 0) is 0 Å². The Morgan fingerprint density at radius 3 is 3.00 bits per heavy atom. The molecule has 3 aromatic rings. The van der Waals surface area contributed by atoms with Crippen LogP contribution in [-0.4, -0.2) is 30.4 Å². The Hall–Kier alpha value is -3.01. The normalized spacial score (nSPS) is 10.2. The van der Waals surface area contributed by atoms with Crippen molar-refractivity contribution in [2.24, 2.45) is 0 Å². The molecule has 0 spiro atoms. The molecule has 3 rings (SSSR count). The Labute approximate surface area is 102 Å². The highest BCUT2D eigenvalue weighted by Crippen LogP contribution is 2.11. The van der Waals surface area contributed by atoms with Gasteiger partial charge in [-0.15, -0.1) is 15.0 Å². The zero-order valence-electron chi connectivity index (χ0n) is 9.15. The van der Waals surface area contributed by atoms with E-state index < -0.39 is 0 Å². The third kappa shape index (κ3) is 1.72. The molecule has 18 heavy (non-hydrogen) atoms. The first kappa shape index (κ1) is 10.2. The summed E-state index contributed by atoms with van der Waals surface area (Å²) in [4.78, 5) is 1.37. The van der Waals surface area contributed by atoms with Gasteiger partial charge < -0.3 is 0 Å². The van der Waals surface area contributed by atoms with Gasteiger partial charge >= 0.3 is 0 Å². The third-order valence-electron chi connectivity index (χ3n) is 2.36. The van der Waals surface area contributed by atoms with Gasteiger partial charge in [0.25, 0.3) is 0 Å². The van der Waals surface area contributed by atoms with Gasteiger partial charge in [0.15, 0.2) is 0 Å². The monoisotopic (exact) mass is 237 g/mol. The fraction of sp³-hybridized carbons (Fsp3) is 0. The molecule has 0 saturated heterocycles. The third-order valence-corrected chi connectivity index (χ3v) is 2.36. The number of aromatic amines is 1. The van der Waals surface area contributed by atoms with Crippen LogP contribution in [0.25, 0.3) is 17.2 Å². The summed E-state index contributed by atoms with van der Waals surface area (Å²) in [5.41, 5.74) is 1.93. The van der Waals surface area contributed by atoms with Crippen molar-refractivity contribution in [3.63, 3.8) is 0 Å². The summed E-state index contributed by atoms with van der Waals surface area (Å²) in [5, 5.41) is 27.5. The van der Waals surface area contributed by atoms with Crippen molar-refractivity contribution in [1.29, 1.82) is 5.26 Å². The van der Waals surface area contributed by atoms with E-state index in [0.717, 1.165) is 0 Å². The fourth-order valence-corrected chi connectivity index (χ4v) is 1.51. The molecule has 1 N–H and O–H groups in total. The van der Waals surface area contributed by atoms with E-state index in [4.69, 9.17) is 5.26 Å². The van der Waals surface area contributed by atoms with Crippen LogP contribution in [0.1, 0.15) is 5.56 Å². The van der Waals surface area contributed by atoms with Crippen molar-refractivity contribution < 1.29 is 0 Å². The topological polar surface area (TPSA) is 96.1 Å². The van der Waals surface area contributed by atoms with Gasteiger partial charge in [-0.1, -0.05) is 6.07 Å². The molecular formula is C11H7N7. The van der Waals surface area contributed by atoms with Crippen LogP contribution in [0.15, 0.2) is 36.5 Å². The van der Waals surface area contributed by atoms with Gasteiger partial charge in [-0.2, -0.15) is 10.4 Å². The van der Waals surface area contributed by atoms with E-state index in [1.54, 1.807) is 36.5 Å². The summed E-state index contributed by atoms with van der Waals surface area (Å²) in [7, 11) is 0. The maximum atomic E-state index is 8.84. The van der Waals surface area contributed by atoms with Crippen LogP contribution in [0.2, 0.25) is 0 Å². The standard InChI is InChI=1S/C11H7N7/c12-7-8-2-1-3-9(6-8)18-16-11(15-17-18)10-4-5-13-14-10/h1-6H,(H,13,14). The summed E-state index contributed by atoms with van der Waals surface area (Å²) in [6.45, 7) is 0. The summed E-state index contributed by atoms with van der Waals surface area (Å²) in [6.07, 6.45) is 1.62. The van der Waals surface area contributed by atoms with E-state index in [0.29, 0.717) is 22.8 Å². The second-order valence-electron chi connectivity index (χ2n) is 3.53. The van der Waals surface area contributed by atoms with Crippen molar-refractivity contribution in [2.75, 3.05) is 0 Å². The highest BCUT2D eigenvalue weighted by Gasteiger charge is 2.08. The molecule has 0 atom stereocenters. The Morgan fingerprint density at radius 2 is 2.22 bits per heavy atom. The lowest BCUT2D eigenvalue weighted by molar-refractivity contribution is 0.720. The van der Waals surface area contributed by atoms with E-state index in [2.05, 4.69) is 31.7 Å². The molecule has 7 nitrogen and oxygen atoms in total. The number of nitrogens with zero attached hydrogens (tertiary/aromatic N) is 6. The van der Waals surface area contributed by atoms with Crippen molar-refractivity contribution >= 4 is 0 Å². The predicted octanol–water partition coefficient (Wildman–Crippen LogP) is 0.924. The van der Waals surface area contributed by atoms with E-state index in [9.17, 15) is 0 Å². The van der Waals surface area contributed by atoms with E-state index in [1.165, 1.54) is 4.80 Å². The Bertz CT molecular complexity index is 705. The molecular weight excluding hydrogens is 230 g/mol. The van der Waals surface area contributed by atoms with Gasteiger partial charge in [0.1, 0.15) is 5.69 Å². The second-order valence-corrected chi connectivity index (χ2v) is 3.53. The molecule has 0 radical (unpaired) electrons. The van der Waals surface area contributed by atoms with Crippen LogP contribution in [0.4, 0.5) is 0 Å². The minimum Gasteiger partial charge on any atom is -0.274 e. The molecule has 0 amide bonds. The fourth-order valence-electron chi connectivity index (χ4n) is 1.51. The lowest BCUT2D eigenvalue weighted by atomic mass is 10.2. The maximum Gasteiger partial charge on any atom is 0.223 e. The number of aromatic nitrogens is 6. The minimum atomic E-state index is 0.454. The largest absolute Gasteiger partial charge is 0.274 e. The van der Waals surface area contributed by atoms with E-state index in [1.807, 2.05) is 0 Å². The summed E-state index contributed by atoms with van der Waals surface area (Å²) >= 11 is 0. The van der Waals surface area contributed by atoms with E-state index in [-0.39, 0.29) is 0 Å². The Morgan fingerprint density at radius 1 is 1.28 bits per heavy atom. The number of tetrazole rings is 1. The molecule has 2 heterocycles. The number of H-pyrrole nitrogens is 1. The number of nitriles is 1. The molecule has 86 valence electrons. The molecule has 7 heteroatoms. The highest BCUT2D eigenvalue weighted by atomic mass is 15.6. The molecule has 0 bridgehead atoms. The lowest BCUT2D eigenvalue weighted by Gasteiger charge is -1.97. The first-order valence-electron chi connectivity index (χ1n) is 5.17. The average molecular weight is 237 g/mol. The highest BCUT2D eigenvalue weighted by molar-refractivity contribution is 5.47. The first-order valence-corrected chi connectivity index (χ1v) is 5.17. The number of hydrogen-bond donors (Lipinski definition) is 1. The minimum absolute atomic E-state index is 0.454. The van der Waals surface area contributed by atoms with Crippen LogP contribution >= 0.6 is 0 Å². The molecule has 0 aliphatic rings. The molecule has 0 saturated carbocycles. The van der Waals surface area contributed by atoms with Gasteiger partial charge in [0.2, 0.25) is 5.82 Å². The zero-order valence-corrected chi connectivity index (χ0v) is 9.15. The summed E-state index contributed by atoms with van der Waals surface area (Å²) in [5.74, 6) is 0.454. The van der Waals surface area contributed by atoms with Crippen molar-refractivity contribution in [3.8, 4) is 23.3 Å². The van der Waals surface area contributed by atoms with Gasteiger partial charge in [-0.3, -0.25) is 5.10 Å². The first-order chi connectivity index (χ1) is 8.86. The van der Waals surface area contributed by atoms with Crippen LogP contribution in [0, 0.1) is 11.3 Å². The Kier molecular flexibility index (Phi) is 2.32. The quantitative estimate of drug-likeness (QED) is 0.715. The number of benzene rings is 1. The number of nitrogens with one attached hydrogen (secondary N) is 1. The molecule has 2 aromatic heterocycles. The van der Waals surface area contributed by atoms with Gasteiger partial charge in [0, 0.05) is 6.20 Å². The van der Waals surface area contributed by atoms with Crippen molar-refractivity contribution in [2.45, 2.75) is 0 Å². The summed E-state index contributed by atoms with van der Waals surface area (Å²) < 4.78 is 0. The summed E-state index contributed by atoms with van der Waals surface area (Å²) in [6, 6.07) is 10.8. The smallest absolute Gasteiger partial charge is 0.223 e. The Balaban J connectivity index is 2.01. The van der Waals surface area contributed by atoms with Crippen LogP contribution < -0.4 is 0 Å². The van der Waals surface area contributed by atoms with Crippen molar-refractivity contribution in [3.05, 3.63) is 42.1 Å². The SMILES string of the molecule is N#Cc1cccc(-n2nnc(-c3ccn[nH]3)n2)c1. The maximum absolute atomic E-state index is 8.84. The molecule has 1 aromatic carbocycles. The molecule has 0 aliphatic heterocycles. The second kappa shape index (κ2) is 4.10. The van der Waals surface area contributed by atoms with Crippen LogP contribution in [0.5, 0.6) is 0 Å². The predicted molar refractivity (Wildman–Crippen MR) is 61.5 cm³/mol.